The molecule has 0 radical (unpaired) electrons. The number of benzene rings is 2. The van der Waals surface area contributed by atoms with Gasteiger partial charge in [0.15, 0.2) is 0 Å². The minimum Gasteiger partial charge on any atom is -0.496 e. The van der Waals surface area contributed by atoms with Crippen LogP contribution in [0.4, 0.5) is 5.69 Å². The van der Waals surface area contributed by atoms with Crippen LogP contribution in [0.2, 0.25) is 5.02 Å². The first kappa shape index (κ1) is 27.9. The zero-order valence-corrected chi connectivity index (χ0v) is 21.5. The van der Waals surface area contributed by atoms with Crippen molar-refractivity contribution in [2.45, 2.75) is 38.5 Å². The van der Waals surface area contributed by atoms with Crippen molar-refractivity contribution in [1.82, 2.24) is 10.4 Å². The van der Waals surface area contributed by atoms with E-state index in [1.807, 2.05) is 12.4 Å². The number of nitrogens with zero attached hydrogens (tertiary/aromatic N) is 2. The van der Waals surface area contributed by atoms with E-state index in [-0.39, 0.29) is 48.9 Å². The fraction of sp³-hybridized carbons (Fsp3) is 0.385. The number of carbonyl (C=O) groups is 3. The number of anilines is 1. The van der Waals surface area contributed by atoms with Crippen molar-refractivity contribution in [3.63, 3.8) is 0 Å². The summed E-state index contributed by atoms with van der Waals surface area (Å²) in [6, 6.07) is 9.74. The molecular formula is C26H31ClN4O6. The van der Waals surface area contributed by atoms with Crippen molar-refractivity contribution in [3.05, 3.63) is 58.1 Å². The number of carboxylic acids is 1. The molecule has 0 saturated heterocycles. The van der Waals surface area contributed by atoms with Crippen LogP contribution in [0.3, 0.4) is 0 Å². The number of aromatic carboxylic acids is 1. The zero-order chi connectivity index (χ0) is 27.1. The van der Waals surface area contributed by atoms with E-state index in [0.29, 0.717) is 28.3 Å². The number of halogens is 1. The first-order valence-electron chi connectivity index (χ1n) is 11.9. The molecule has 0 aromatic heterocycles. The number of amidine groups is 1. The Hall–Kier alpha value is -3.63. The molecule has 10 nitrogen and oxygen atoms in total. The Morgan fingerprint density at radius 2 is 2.05 bits per heavy atom. The lowest BCUT2D eigenvalue weighted by Crippen LogP contribution is -2.45. The molecule has 1 heterocycles. The first-order valence-corrected chi connectivity index (χ1v) is 12.3. The largest absolute Gasteiger partial charge is 0.496 e. The number of hydrogen-bond donors (Lipinski definition) is 4. The lowest BCUT2D eigenvalue weighted by molar-refractivity contribution is -0.146. The van der Waals surface area contributed by atoms with Crippen molar-refractivity contribution in [1.29, 1.82) is 0 Å². The fourth-order valence-corrected chi connectivity index (χ4v) is 4.68. The van der Waals surface area contributed by atoms with E-state index < -0.39 is 23.7 Å². The zero-order valence-electron chi connectivity index (χ0n) is 20.7. The normalized spacial score (nSPS) is 16.5. The summed E-state index contributed by atoms with van der Waals surface area (Å²) < 4.78 is 5.40. The molecule has 2 atom stereocenters. The lowest BCUT2D eigenvalue weighted by Gasteiger charge is -2.26. The monoisotopic (exact) mass is 530 g/mol. The van der Waals surface area contributed by atoms with E-state index in [2.05, 4.69) is 4.99 Å². The smallest absolute Gasteiger partial charge is 0.337 e. The van der Waals surface area contributed by atoms with Crippen molar-refractivity contribution in [2.75, 3.05) is 25.9 Å². The van der Waals surface area contributed by atoms with Gasteiger partial charge < -0.3 is 15.6 Å². The topological polar surface area (TPSA) is 155 Å². The molecule has 37 heavy (non-hydrogen) atoms. The third-order valence-electron chi connectivity index (χ3n) is 6.40. The Labute approximate surface area is 220 Å². The van der Waals surface area contributed by atoms with Gasteiger partial charge in [-0.25, -0.2) is 4.79 Å². The molecule has 0 fully saturated rings. The number of carbonyl (C=O) groups excluding carboxylic acids is 2. The Balaban J connectivity index is 1.86. The maximum Gasteiger partial charge on any atom is 0.337 e. The molecular weight excluding hydrogens is 500 g/mol. The number of nitrogens with one attached hydrogen (secondary N) is 1. The number of amides is 2. The van der Waals surface area contributed by atoms with E-state index in [0.717, 1.165) is 11.3 Å². The van der Waals surface area contributed by atoms with Crippen LogP contribution in [-0.2, 0) is 16.0 Å². The highest BCUT2D eigenvalue weighted by Crippen LogP contribution is 2.30. The summed E-state index contributed by atoms with van der Waals surface area (Å²) in [6.07, 6.45) is 1.62. The van der Waals surface area contributed by atoms with Crippen LogP contribution in [0.15, 0.2) is 41.4 Å². The van der Waals surface area contributed by atoms with E-state index in [1.54, 1.807) is 30.3 Å². The number of methoxy groups -OCH3 is 1. The van der Waals surface area contributed by atoms with Crippen molar-refractivity contribution < 1.29 is 29.4 Å². The van der Waals surface area contributed by atoms with Gasteiger partial charge in [-0.3, -0.25) is 30.2 Å². The summed E-state index contributed by atoms with van der Waals surface area (Å²) in [5.74, 6) is -2.29. The van der Waals surface area contributed by atoms with Crippen molar-refractivity contribution >= 4 is 40.9 Å². The van der Waals surface area contributed by atoms with Crippen LogP contribution in [0.25, 0.3) is 0 Å². The third-order valence-corrected chi connectivity index (χ3v) is 6.64. The Morgan fingerprint density at radius 1 is 1.30 bits per heavy atom. The second-order valence-electron chi connectivity index (χ2n) is 8.92. The minimum atomic E-state index is -1.13. The average molecular weight is 531 g/mol. The van der Waals surface area contributed by atoms with Gasteiger partial charge in [-0.15, -0.1) is 0 Å². The highest BCUT2D eigenvalue weighted by atomic mass is 35.5. The quantitative estimate of drug-likeness (QED) is 0.283. The van der Waals surface area contributed by atoms with E-state index in [1.165, 1.54) is 13.2 Å². The Bertz CT molecular complexity index is 1200. The Kier molecular flexibility index (Phi) is 9.48. The van der Waals surface area contributed by atoms with E-state index in [9.17, 15) is 24.7 Å². The summed E-state index contributed by atoms with van der Waals surface area (Å²) >= 11 is 6.15. The average Bonchev–Trinajstić information content (AvgIpc) is 3.02. The number of ether oxygens (including phenoxy) is 1. The van der Waals surface area contributed by atoms with Crippen molar-refractivity contribution in [2.24, 2.45) is 10.9 Å². The molecule has 2 aromatic carbocycles. The van der Waals surface area contributed by atoms with E-state index in [4.69, 9.17) is 22.1 Å². The predicted octanol–water partition coefficient (Wildman–Crippen LogP) is 3.51. The number of rotatable bonds is 9. The molecule has 1 aliphatic heterocycles. The molecule has 1 unspecified atom stereocenters. The van der Waals surface area contributed by atoms with Crippen LogP contribution in [0, 0.1) is 5.92 Å². The van der Waals surface area contributed by atoms with Crippen LogP contribution in [0.1, 0.15) is 53.6 Å². The highest BCUT2D eigenvalue weighted by molar-refractivity contribution is 6.30. The fourth-order valence-electron chi connectivity index (χ4n) is 4.49. The molecule has 2 aromatic rings. The minimum absolute atomic E-state index is 0.00263. The summed E-state index contributed by atoms with van der Waals surface area (Å²) in [6.45, 7) is 1.83. The van der Waals surface area contributed by atoms with Gasteiger partial charge in [0.2, 0.25) is 11.8 Å². The summed E-state index contributed by atoms with van der Waals surface area (Å²) in [5, 5.41) is 19.3. The lowest BCUT2D eigenvalue weighted by atomic mass is 9.89. The van der Waals surface area contributed by atoms with Crippen molar-refractivity contribution in [3.8, 4) is 5.75 Å². The molecule has 0 spiro atoms. The molecule has 0 aliphatic carbocycles. The first-order chi connectivity index (χ1) is 17.7. The molecule has 2 amide bonds. The van der Waals surface area contributed by atoms with Gasteiger partial charge in [0.1, 0.15) is 11.6 Å². The molecule has 5 N–H and O–H groups in total. The summed E-state index contributed by atoms with van der Waals surface area (Å²) in [5.41, 5.74) is 9.44. The summed E-state index contributed by atoms with van der Waals surface area (Å²) in [7, 11) is 1.52. The Morgan fingerprint density at radius 3 is 2.68 bits per heavy atom. The molecule has 11 heteroatoms. The maximum atomic E-state index is 13.6. The number of nitrogen functional groups attached to an aromatic ring is 1. The second-order valence-corrected chi connectivity index (χ2v) is 9.35. The SMILES string of the molecule is CCC[C@@H](CC(=O)N1CC(NO)=NCC(Cc2cc(Cl)ccc2OC)C1=O)c1ccc(C(=O)O)c(N)c1. The molecule has 1 aliphatic rings. The number of hydrogen-bond acceptors (Lipinski definition) is 8. The summed E-state index contributed by atoms with van der Waals surface area (Å²) in [4.78, 5) is 43.8. The number of imide groups is 1. The number of nitrogens with two attached hydrogens (primary N) is 1. The molecule has 3 rings (SSSR count). The van der Waals surface area contributed by atoms with Crippen LogP contribution in [-0.4, -0.2) is 59.0 Å². The molecule has 0 bridgehead atoms. The van der Waals surface area contributed by atoms with Crippen LogP contribution in [0.5, 0.6) is 5.75 Å². The second kappa shape index (κ2) is 12.6. The van der Waals surface area contributed by atoms with Gasteiger partial charge in [-0.2, -0.15) is 0 Å². The van der Waals surface area contributed by atoms with Gasteiger partial charge in [0, 0.05) is 17.1 Å². The maximum absolute atomic E-state index is 13.6. The number of carboxylic acid groups (broad SMARTS) is 1. The van der Waals surface area contributed by atoms with E-state index >= 15 is 0 Å². The highest BCUT2D eigenvalue weighted by Gasteiger charge is 2.34. The van der Waals surface area contributed by atoms with Gasteiger partial charge >= 0.3 is 5.97 Å². The van der Waals surface area contributed by atoms with Gasteiger partial charge in [-0.05, 0) is 60.2 Å². The van der Waals surface area contributed by atoms with Crippen LogP contribution < -0.4 is 16.0 Å². The third kappa shape index (κ3) is 6.78. The molecule has 0 saturated carbocycles. The van der Waals surface area contributed by atoms with Gasteiger partial charge in [0.05, 0.1) is 31.7 Å². The van der Waals surface area contributed by atoms with Gasteiger partial charge in [0.25, 0.3) is 0 Å². The molecule has 198 valence electrons. The number of hydroxylamine groups is 1. The number of aliphatic imine (C=N–C) groups is 1. The standard InChI is InChI=1S/C26H31ClN4O6/c1-3-4-15(16-5-7-20(26(34)35)21(28)11-16)12-24(32)31-14-23(30-36)29-13-18(25(31)33)9-17-10-19(27)6-8-22(17)37-2/h5-8,10-11,15,18,36H,3-4,9,12-14,28H2,1-2H3,(H,29,30)(H,34,35)/t15-,18?/m0/s1. The van der Waals surface area contributed by atoms with Gasteiger partial charge in [-0.1, -0.05) is 31.0 Å². The predicted molar refractivity (Wildman–Crippen MR) is 139 cm³/mol. The van der Waals surface area contributed by atoms with Crippen LogP contribution >= 0.6 is 11.6 Å².